The number of carbonyl (C=O) groups is 1. The fraction of sp³-hybridized carbons (Fsp3) is 0.304. The largest absolute Gasteiger partial charge is 0.481 e. The van der Waals surface area contributed by atoms with Gasteiger partial charge in [-0.25, -0.2) is 4.98 Å². The van der Waals surface area contributed by atoms with Crippen molar-refractivity contribution in [2.75, 3.05) is 31.6 Å². The summed E-state index contributed by atoms with van der Waals surface area (Å²) in [6.07, 6.45) is -0.673. The standard InChI is InChI=1S/C23H24ClN3O3S/c1-16(30-19-9-7-18(24)8-10-19)22(28)26-23-25-21(17-5-3-2-4-6-17)20(31-23)15-27-11-13-29-14-12-27/h2-10,16H,11-15H2,1H3,(H,25,26,28). The lowest BCUT2D eigenvalue weighted by atomic mass is 10.1. The van der Waals surface area contributed by atoms with Crippen LogP contribution in [0.4, 0.5) is 5.13 Å². The molecule has 6 nitrogen and oxygen atoms in total. The maximum absolute atomic E-state index is 12.7. The van der Waals surface area contributed by atoms with Gasteiger partial charge in [0.15, 0.2) is 11.2 Å². The lowest BCUT2D eigenvalue weighted by molar-refractivity contribution is -0.122. The summed E-state index contributed by atoms with van der Waals surface area (Å²) in [5.74, 6) is 0.338. The molecule has 1 aromatic heterocycles. The molecular weight excluding hydrogens is 434 g/mol. The van der Waals surface area contributed by atoms with Crippen molar-refractivity contribution in [3.05, 3.63) is 64.5 Å². The monoisotopic (exact) mass is 457 g/mol. The molecular formula is C23H24ClN3O3S. The second-order valence-corrected chi connectivity index (χ2v) is 8.77. The Morgan fingerprint density at radius 3 is 2.61 bits per heavy atom. The van der Waals surface area contributed by atoms with Gasteiger partial charge in [-0.3, -0.25) is 15.0 Å². The van der Waals surface area contributed by atoms with Crippen LogP contribution >= 0.6 is 22.9 Å². The highest BCUT2D eigenvalue weighted by Gasteiger charge is 2.21. The van der Waals surface area contributed by atoms with Crippen LogP contribution in [0.15, 0.2) is 54.6 Å². The highest BCUT2D eigenvalue weighted by Crippen LogP contribution is 2.32. The number of aromatic nitrogens is 1. The Hall–Kier alpha value is -2.45. The van der Waals surface area contributed by atoms with E-state index in [9.17, 15) is 4.79 Å². The fourth-order valence-corrected chi connectivity index (χ4v) is 4.43. The Labute approximate surface area is 190 Å². The van der Waals surface area contributed by atoms with E-state index in [4.69, 9.17) is 26.1 Å². The van der Waals surface area contributed by atoms with Crippen LogP contribution in [-0.4, -0.2) is 48.2 Å². The van der Waals surface area contributed by atoms with Crippen LogP contribution in [0.2, 0.25) is 5.02 Å². The zero-order valence-corrected chi connectivity index (χ0v) is 18.8. The number of carbonyl (C=O) groups excluding carboxylic acids is 1. The van der Waals surface area contributed by atoms with Gasteiger partial charge in [0.05, 0.1) is 18.9 Å². The van der Waals surface area contributed by atoms with Gasteiger partial charge in [-0.2, -0.15) is 0 Å². The van der Waals surface area contributed by atoms with Crippen LogP contribution in [0, 0.1) is 0 Å². The number of hydrogen-bond donors (Lipinski definition) is 1. The van der Waals surface area contributed by atoms with Crippen LogP contribution in [-0.2, 0) is 16.1 Å². The van der Waals surface area contributed by atoms with E-state index in [2.05, 4.69) is 10.2 Å². The first-order chi connectivity index (χ1) is 15.1. The summed E-state index contributed by atoms with van der Waals surface area (Å²) in [5.41, 5.74) is 1.94. The molecule has 1 atom stereocenters. The molecule has 2 heterocycles. The zero-order chi connectivity index (χ0) is 21.6. The number of benzene rings is 2. The number of rotatable bonds is 7. The Morgan fingerprint density at radius 1 is 1.19 bits per heavy atom. The normalized spacial score (nSPS) is 15.4. The molecule has 4 rings (SSSR count). The lowest BCUT2D eigenvalue weighted by Gasteiger charge is -2.26. The number of halogens is 1. The molecule has 1 saturated heterocycles. The Morgan fingerprint density at radius 2 is 1.90 bits per heavy atom. The van der Waals surface area contributed by atoms with Gasteiger partial charge in [0.1, 0.15) is 5.75 Å². The number of nitrogens with zero attached hydrogens (tertiary/aromatic N) is 2. The van der Waals surface area contributed by atoms with Gasteiger partial charge in [-0.1, -0.05) is 53.3 Å². The van der Waals surface area contributed by atoms with Crippen LogP contribution in [0.3, 0.4) is 0 Å². The fourth-order valence-electron chi connectivity index (χ4n) is 3.27. The van der Waals surface area contributed by atoms with E-state index in [0.29, 0.717) is 15.9 Å². The summed E-state index contributed by atoms with van der Waals surface area (Å²) in [5, 5.41) is 4.10. The Bertz CT molecular complexity index is 1000. The number of anilines is 1. The minimum atomic E-state index is -0.673. The summed E-state index contributed by atoms with van der Waals surface area (Å²) >= 11 is 7.41. The predicted octanol–water partition coefficient (Wildman–Crippen LogP) is 4.70. The SMILES string of the molecule is CC(Oc1ccc(Cl)cc1)C(=O)Nc1nc(-c2ccccc2)c(CN2CCOCC2)s1. The third-order valence-corrected chi connectivity index (χ3v) is 6.15. The van der Waals surface area contributed by atoms with Crippen molar-refractivity contribution in [1.82, 2.24) is 9.88 Å². The van der Waals surface area contributed by atoms with Crippen molar-refractivity contribution in [2.45, 2.75) is 19.6 Å². The molecule has 8 heteroatoms. The number of nitrogens with one attached hydrogen (secondary N) is 1. The quantitative estimate of drug-likeness (QED) is 0.557. The lowest BCUT2D eigenvalue weighted by Crippen LogP contribution is -2.35. The molecule has 1 aliphatic heterocycles. The van der Waals surface area contributed by atoms with E-state index in [1.165, 1.54) is 11.3 Å². The predicted molar refractivity (Wildman–Crippen MR) is 124 cm³/mol. The molecule has 1 fully saturated rings. The average Bonchev–Trinajstić information content (AvgIpc) is 3.18. The first-order valence-electron chi connectivity index (χ1n) is 10.2. The molecule has 1 aliphatic rings. The van der Waals surface area contributed by atoms with Crippen LogP contribution in [0.25, 0.3) is 11.3 Å². The average molecular weight is 458 g/mol. The van der Waals surface area contributed by atoms with E-state index in [1.807, 2.05) is 30.3 Å². The smallest absolute Gasteiger partial charge is 0.266 e. The maximum atomic E-state index is 12.7. The summed E-state index contributed by atoms with van der Waals surface area (Å²) in [7, 11) is 0. The first kappa shape index (κ1) is 21.8. The van der Waals surface area contributed by atoms with E-state index in [1.54, 1.807) is 31.2 Å². The van der Waals surface area contributed by atoms with Gasteiger partial charge in [0, 0.05) is 35.1 Å². The molecule has 162 valence electrons. The molecule has 0 bridgehead atoms. The molecule has 3 aromatic rings. The number of amides is 1. The topological polar surface area (TPSA) is 63.7 Å². The van der Waals surface area contributed by atoms with Crippen molar-refractivity contribution < 1.29 is 14.3 Å². The van der Waals surface area contributed by atoms with Crippen molar-refractivity contribution in [2.24, 2.45) is 0 Å². The second kappa shape index (κ2) is 10.2. The van der Waals surface area contributed by atoms with Gasteiger partial charge < -0.3 is 9.47 Å². The Balaban J connectivity index is 1.49. The van der Waals surface area contributed by atoms with Gasteiger partial charge in [0.2, 0.25) is 0 Å². The molecule has 1 amide bonds. The van der Waals surface area contributed by atoms with E-state index in [-0.39, 0.29) is 5.91 Å². The molecule has 1 unspecified atom stereocenters. The van der Waals surface area contributed by atoms with Crippen molar-refractivity contribution >= 4 is 34.0 Å². The summed E-state index contributed by atoms with van der Waals surface area (Å²) in [4.78, 5) is 20.9. The molecule has 31 heavy (non-hydrogen) atoms. The second-order valence-electron chi connectivity index (χ2n) is 7.25. The summed E-state index contributed by atoms with van der Waals surface area (Å²) in [6.45, 7) is 5.74. The van der Waals surface area contributed by atoms with Gasteiger partial charge in [-0.15, -0.1) is 0 Å². The van der Waals surface area contributed by atoms with E-state index < -0.39 is 6.10 Å². The molecule has 1 N–H and O–H groups in total. The summed E-state index contributed by atoms with van der Waals surface area (Å²) in [6, 6.07) is 17.0. The van der Waals surface area contributed by atoms with E-state index >= 15 is 0 Å². The van der Waals surface area contributed by atoms with Crippen LogP contribution < -0.4 is 10.1 Å². The number of thiazole rings is 1. The number of hydrogen-bond acceptors (Lipinski definition) is 6. The number of morpholine rings is 1. The van der Waals surface area contributed by atoms with Gasteiger partial charge >= 0.3 is 0 Å². The Kier molecular flexibility index (Phi) is 7.19. The molecule has 0 aliphatic carbocycles. The highest BCUT2D eigenvalue weighted by molar-refractivity contribution is 7.16. The molecule has 0 saturated carbocycles. The minimum Gasteiger partial charge on any atom is -0.481 e. The first-order valence-corrected chi connectivity index (χ1v) is 11.4. The highest BCUT2D eigenvalue weighted by atomic mass is 35.5. The van der Waals surface area contributed by atoms with Gasteiger partial charge in [0.25, 0.3) is 5.91 Å². The van der Waals surface area contributed by atoms with Crippen molar-refractivity contribution in [3.8, 4) is 17.0 Å². The van der Waals surface area contributed by atoms with Crippen molar-refractivity contribution in [3.63, 3.8) is 0 Å². The number of ether oxygens (including phenoxy) is 2. The third kappa shape index (κ3) is 5.83. The minimum absolute atomic E-state index is 0.249. The summed E-state index contributed by atoms with van der Waals surface area (Å²) < 4.78 is 11.2. The third-order valence-electron chi connectivity index (χ3n) is 4.94. The van der Waals surface area contributed by atoms with Crippen molar-refractivity contribution in [1.29, 1.82) is 0 Å². The van der Waals surface area contributed by atoms with Crippen LogP contribution in [0.1, 0.15) is 11.8 Å². The maximum Gasteiger partial charge on any atom is 0.266 e. The van der Waals surface area contributed by atoms with Gasteiger partial charge in [-0.05, 0) is 31.2 Å². The zero-order valence-electron chi connectivity index (χ0n) is 17.2. The molecule has 0 radical (unpaired) electrons. The van der Waals surface area contributed by atoms with E-state index in [0.717, 1.165) is 49.0 Å². The van der Waals surface area contributed by atoms with Crippen LogP contribution in [0.5, 0.6) is 5.75 Å². The molecule has 2 aromatic carbocycles. The molecule has 0 spiro atoms.